The number of unbranched alkanes of at least 4 members (excludes halogenated alkanes) is 1. The Morgan fingerprint density at radius 1 is 1.44 bits per heavy atom. The summed E-state index contributed by atoms with van der Waals surface area (Å²) < 4.78 is 1.23. The fourth-order valence-electron chi connectivity index (χ4n) is 1.66. The van der Waals surface area contributed by atoms with Gasteiger partial charge in [-0.3, -0.25) is 0 Å². The molecule has 0 radical (unpaired) electrons. The number of benzene rings is 1. The summed E-state index contributed by atoms with van der Waals surface area (Å²) in [5.74, 6) is 0. The molecule has 0 aliphatic rings. The van der Waals surface area contributed by atoms with Gasteiger partial charge in [0.05, 0.1) is 27.7 Å². The van der Waals surface area contributed by atoms with Crippen molar-refractivity contribution in [1.82, 2.24) is 4.98 Å². The maximum absolute atomic E-state index is 8.65. The molecule has 0 unspecified atom stereocenters. The average molecular weight is 230 g/mol. The second-order valence-electron chi connectivity index (χ2n) is 3.85. The summed E-state index contributed by atoms with van der Waals surface area (Å²) in [7, 11) is 0. The standard InChI is InChI=1S/C13H14N2S/c1-2-3-4-13-15-11-9-10(7-8-14)5-6-12(11)16-13/h5-6,9H,2-4,7H2,1H3. The molecule has 82 valence electrons. The topological polar surface area (TPSA) is 36.7 Å². The molecule has 2 aromatic rings. The Morgan fingerprint density at radius 3 is 3.06 bits per heavy atom. The number of hydrogen-bond donors (Lipinski definition) is 0. The number of nitriles is 1. The third kappa shape index (κ3) is 2.40. The van der Waals surface area contributed by atoms with Crippen LogP contribution in [0.5, 0.6) is 0 Å². The van der Waals surface area contributed by atoms with Gasteiger partial charge >= 0.3 is 0 Å². The van der Waals surface area contributed by atoms with Crippen LogP contribution in [0.15, 0.2) is 18.2 Å². The van der Waals surface area contributed by atoms with Gasteiger partial charge in [-0.2, -0.15) is 5.26 Å². The average Bonchev–Trinajstić information content (AvgIpc) is 2.68. The highest BCUT2D eigenvalue weighted by molar-refractivity contribution is 7.18. The molecule has 0 atom stereocenters. The molecule has 0 saturated carbocycles. The van der Waals surface area contributed by atoms with Crippen molar-refractivity contribution >= 4 is 21.6 Å². The highest BCUT2D eigenvalue weighted by Gasteiger charge is 2.04. The Bertz CT molecular complexity index is 522. The molecule has 0 aliphatic carbocycles. The number of aromatic nitrogens is 1. The van der Waals surface area contributed by atoms with E-state index >= 15 is 0 Å². The van der Waals surface area contributed by atoms with E-state index in [1.54, 1.807) is 11.3 Å². The van der Waals surface area contributed by atoms with Crippen LogP contribution >= 0.6 is 11.3 Å². The minimum atomic E-state index is 0.470. The molecule has 3 heteroatoms. The van der Waals surface area contributed by atoms with E-state index in [1.165, 1.54) is 22.5 Å². The molecule has 1 aromatic carbocycles. The zero-order chi connectivity index (χ0) is 11.4. The molecule has 1 heterocycles. The Kier molecular flexibility index (Phi) is 3.53. The van der Waals surface area contributed by atoms with Gasteiger partial charge in [0.25, 0.3) is 0 Å². The molecule has 0 N–H and O–H groups in total. The van der Waals surface area contributed by atoms with Crippen molar-refractivity contribution in [1.29, 1.82) is 5.26 Å². The summed E-state index contributed by atoms with van der Waals surface area (Å²) in [6.45, 7) is 2.19. The lowest BCUT2D eigenvalue weighted by atomic mass is 10.1. The van der Waals surface area contributed by atoms with Gasteiger partial charge in [0.1, 0.15) is 0 Å². The van der Waals surface area contributed by atoms with E-state index in [2.05, 4.69) is 24.0 Å². The zero-order valence-electron chi connectivity index (χ0n) is 9.36. The first-order valence-electron chi connectivity index (χ1n) is 5.58. The van der Waals surface area contributed by atoms with E-state index in [4.69, 9.17) is 5.26 Å². The summed E-state index contributed by atoms with van der Waals surface area (Å²) in [4.78, 5) is 4.60. The number of rotatable bonds is 4. The predicted octanol–water partition coefficient (Wildman–Crippen LogP) is 3.70. The molecule has 0 aliphatic heterocycles. The predicted molar refractivity (Wildman–Crippen MR) is 67.5 cm³/mol. The normalized spacial score (nSPS) is 10.5. The van der Waals surface area contributed by atoms with Gasteiger partial charge in [-0.25, -0.2) is 4.98 Å². The van der Waals surface area contributed by atoms with Crippen LogP contribution in [-0.2, 0) is 12.8 Å². The molecular formula is C13H14N2S. The third-order valence-corrected chi connectivity index (χ3v) is 3.62. The minimum absolute atomic E-state index is 0.470. The molecular weight excluding hydrogens is 216 g/mol. The van der Waals surface area contributed by atoms with Crippen LogP contribution in [0.4, 0.5) is 0 Å². The molecule has 2 rings (SSSR count). The van der Waals surface area contributed by atoms with Crippen molar-refractivity contribution in [2.75, 3.05) is 0 Å². The Hall–Kier alpha value is -1.40. The maximum Gasteiger partial charge on any atom is 0.0938 e. The molecule has 2 nitrogen and oxygen atoms in total. The fourth-order valence-corrected chi connectivity index (χ4v) is 2.65. The number of hydrogen-bond acceptors (Lipinski definition) is 3. The third-order valence-electron chi connectivity index (χ3n) is 2.52. The first kappa shape index (κ1) is 11.1. The van der Waals surface area contributed by atoms with E-state index in [0.29, 0.717) is 6.42 Å². The highest BCUT2D eigenvalue weighted by Crippen LogP contribution is 2.24. The summed E-state index contributed by atoms with van der Waals surface area (Å²) in [6, 6.07) is 8.30. The van der Waals surface area contributed by atoms with Gasteiger partial charge < -0.3 is 0 Å². The van der Waals surface area contributed by atoms with Gasteiger partial charge in [0.15, 0.2) is 0 Å². The monoisotopic (exact) mass is 230 g/mol. The molecule has 0 bridgehead atoms. The van der Waals surface area contributed by atoms with E-state index in [0.717, 1.165) is 17.5 Å². The largest absolute Gasteiger partial charge is 0.241 e. The SMILES string of the molecule is CCCCc1nc2cc(CC#N)ccc2s1. The van der Waals surface area contributed by atoms with E-state index in [1.807, 2.05) is 12.1 Å². The summed E-state index contributed by atoms with van der Waals surface area (Å²) in [5.41, 5.74) is 2.10. The summed E-state index contributed by atoms with van der Waals surface area (Å²) in [5, 5.41) is 9.86. The molecule has 16 heavy (non-hydrogen) atoms. The van der Waals surface area contributed by atoms with E-state index < -0.39 is 0 Å². The first-order valence-corrected chi connectivity index (χ1v) is 6.40. The molecule has 1 aromatic heterocycles. The quantitative estimate of drug-likeness (QED) is 0.803. The van der Waals surface area contributed by atoms with Gasteiger partial charge in [0, 0.05) is 0 Å². The van der Waals surface area contributed by atoms with Crippen molar-refractivity contribution in [3.63, 3.8) is 0 Å². The molecule has 0 fully saturated rings. The lowest BCUT2D eigenvalue weighted by Crippen LogP contribution is -1.82. The van der Waals surface area contributed by atoms with Crippen molar-refractivity contribution in [3.8, 4) is 6.07 Å². The van der Waals surface area contributed by atoms with Crippen LogP contribution in [0.3, 0.4) is 0 Å². The highest BCUT2D eigenvalue weighted by atomic mass is 32.1. The molecule has 0 amide bonds. The lowest BCUT2D eigenvalue weighted by Gasteiger charge is -1.92. The number of fused-ring (bicyclic) bond motifs is 1. The maximum atomic E-state index is 8.65. The van der Waals surface area contributed by atoms with Crippen LogP contribution in [-0.4, -0.2) is 4.98 Å². The van der Waals surface area contributed by atoms with Gasteiger partial charge in [-0.1, -0.05) is 19.4 Å². The number of nitrogens with zero attached hydrogens (tertiary/aromatic N) is 2. The number of aryl methyl sites for hydroxylation is 1. The van der Waals surface area contributed by atoms with Crippen LogP contribution in [0.1, 0.15) is 30.3 Å². The molecule has 0 saturated heterocycles. The Balaban J connectivity index is 2.28. The van der Waals surface area contributed by atoms with Gasteiger partial charge in [-0.15, -0.1) is 11.3 Å². The van der Waals surface area contributed by atoms with Gasteiger partial charge in [0.2, 0.25) is 0 Å². The molecule has 0 spiro atoms. The second kappa shape index (κ2) is 5.09. The summed E-state index contributed by atoms with van der Waals surface area (Å²) in [6.07, 6.45) is 3.95. The van der Waals surface area contributed by atoms with Crippen LogP contribution < -0.4 is 0 Å². The van der Waals surface area contributed by atoms with Crippen LogP contribution in [0.2, 0.25) is 0 Å². The lowest BCUT2D eigenvalue weighted by molar-refractivity contribution is 0.791. The Labute approximate surface area is 99.6 Å². The summed E-state index contributed by atoms with van der Waals surface area (Å²) >= 11 is 1.77. The van der Waals surface area contributed by atoms with Crippen LogP contribution in [0.25, 0.3) is 10.2 Å². The van der Waals surface area contributed by atoms with Crippen molar-refractivity contribution in [2.45, 2.75) is 32.6 Å². The fraction of sp³-hybridized carbons (Fsp3) is 0.385. The van der Waals surface area contributed by atoms with E-state index in [9.17, 15) is 0 Å². The van der Waals surface area contributed by atoms with Crippen molar-refractivity contribution in [3.05, 3.63) is 28.8 Å². The number of thiazole rings is 1. The second-order valence-corrected chi connectivity index (χ2v) is 4.96. The van der Waals surface area contributed by atoms with Crippen molar-refractivity contribution < 1.29 is 0 Å². The zero-order valence-corrected chi connectivity index (χ0v) is 10.2. The smallest absolute Gasteiger partial charge is 0.0938 e. The first-order chi connectivity index (χ1) is 7.83. The van der Waals surface area contributed by atoms with E-state index in [-0.39, 0.29) is 0 Å². The minimum Gasteiger partial charge on any atom is -0.241 e. The van der Waals surface area contributed by atoms with Gasteiger partial charge in [-0.05, 0) is 30.5 Å². The Morgan fingerprint density at radius 2 is 2.31 bits per heavy atom. The van der Waals surface area contributed by atoms with Crippen molar-refractivity contribution in [2.24, 2.45) is 0 Å². The van der Waals surface area contributed by atoms with Crippen LogP contribution in [0, 0.1) is 11.3 Å².